The number of nitrogens with two attached hydrogens (primary N) is 1. The van der Waals surface area contributed by atoms with Gasteiger partial charge in [0.1, 0.15) is 5.15 Å². The molecular formula is C10H13BrClN3. The van der Waals surface area contributed by atoms with Gasteiger partial charge in [-0.3, -0.25) is 0 Å². The molecule has 2 rings (SSSR count). The summed E-state index contributed by atoms with van der Waals surface area (Å²) in [4.78, 5) is 6.37. The molecule has 0 unspecified atom stereocenters. The van der Waals surface area contributed by atoms with Gasteiger partial charge in [-0.1, -0.05) is 11.6 Å². The van der Waals surface area contributed by atoms with E-state index in [0.717, 1.165) is 36.1 Å². The molecule has 82 valence electrons. The van der Waals surface area contributed by atoms with Crippen LogP contribution in [-0.2, 0) is 0 Å². The van der Waals surface area contributed by atoms with Crippen molar-refractivity contribution in [1.82, 2.24) is 4.98 Å². The fourth-order valence-electron chi connectivity index (χ4n) is 1.83. The molecule has 0 spiro atoms. The van der Waals surface area contributed by atoms with Crippen LogP contribution in [0.15, 0.2) is 16.7 Å². The molecule has 1 aliphatic heterocycles. The number of anilines is 1. The number of hydrogen-bond donors (Lipinski definition) is 1. The van der Waals surface area contributed by atoms with Crippen LogP contribution in [0.25, 0.3) is 0 Å². The van der Waals surface area contributed by atoms with Gasteiger partial charge in [-0.15, -0.1) is 0 Å². The Hall–Kier alpha value is -0.320. The van der Waals surface area contributed by atoms with Gasteiger partial charge in [0, 0.05) is 19.1 Å². The molecule has 0 bridgehead atoms. The predicted octanol–water partition coefficient (Wildman–Crippen LogP) is 2.43. The number of halogens is 2. The van der Waals surface area contributed by atoms with Crippen molar-refractivity contribution in [2.24, 2.45) is 5.73 Å². The molecule has 1 saturated heterocycles. The standard InChI is InChI=1S/C10H13BrClN3/c11-9-4-8(5-14-10(9)12)15-3-1-2-7(13)6-15/h4-5,7H,1-3,6,13H2/t7-/m0/s1. The maximum Gasteiger partial charge on any atom is 0.143 e. The van der Waals surface area contributed by atoms with Crippen LogP contribution in [0.2, 0.25) is 5.15 Å². The second-order valence-corrected chi connectivity index (χ2v) is 5.03. The summed E-state index contributed by atoms with van der Waals surface area (Å²) in [5.41, 5.74) is 7.02. The monoisotopic (exact) mass is 289 g/mol. The Morgan fingerprint density at radius 3 is 3.07 bits per heavy atom. The van der Waals surface area contributed by atoms with Gasteiger partial charge < -0.3 is 10.6 Å². The van der Waals surface area contributed by atoms with Crippen LogP contribution in [0.5, 0.6) is 0 Å². The number of pyridine rings is 1. The van der Waals surface area contributed by atoms with E-state index in [1.165, 1.54) is 0 Å². The molecule has 0 amide bonds. The van der Waals surface area contributed by atoms with Crippen molar-refractivity contribution in [2.45, 2.75) is 18.9 Å². The summed E-state index contributed by atoms with van der Waals surface area (Å²) in [6.07, 6.45) is 4.05. The lowest BCUT2D eigenvalue weighted by Crippen LogP contribution is -2.42. The maximum atomic E-state index is 5.93. The smallest absolute Gasteiger partial charge is 0.143 e. The van der Waals surface area contributed by atoms with Crippen LogP contribution < -0.4 is 10.6 Å². The third-order valence-corrected chi connectivity index (χ3v) is 3.74. The molecule has 1 atom stereocenters. The van der Waals surface area contributed by atoms with Crippen molar-refractivity contribution >= 4 is 33.2 Å². The first kappa shape index (κ1) is 11.2. The van der Waals surface area contributed by atoms with E-state index in [9.17, 15) is 0 Å². The lowest BCUT2D eigenvalue weighted by molar-refractivity contribution is 0.506. The molecule has 1 fully saturated rings. The zero-order chi connectivity index (χ0) is 10.8. The Morgan fingerprint density at radius 2 is 2.40 bits per heavy atom. The lowest BCUT2D eigenvalue weighted by Gasteiger charge is -2.32. The molecule has 0 radical (unpaired) electrons. The number of piperidine rings is 1. The molecule has 2 N–H and O–H groups in total. The third-order valence-electron chi connectivity index (χ3n) is 2.60. The van der Waals surface area contributed by atoms with Gasteiger partial charge >= 0.3 is 0 Å². The van der Waals surface area contributed by atoms with Crippen LogP contribution in [0.4, 0.5) is 5.69 Å². The maximum absolute atomic E-state index is 5.93. The number of rotatable bonds is 1. The van der Waals surface area contributed by atoms with Crippen LogP contribution in [0, 0.1) is 0 Å². The molecule has 0 aliphatic carbocycles. The summed E-state index contributed by atoms with van der Waals surface area (Å²) in [5.74, 6) is 0. The first-order chi connectivity index (χ1) is 7.16. The van der Waals surface area contributed by atoms with Crippen LogP contribution in [0.1, 0.15) is 12.8 Å². The third kappa shape index (κ3) is 2.62. The minimum Gasteiger partial charge on any atom is -0.369 e. The fraction of sp³-hybridized carbons (Fsp3) is 0.500. The zero-order valence-corrected chi connectivity index (χ0v) is 10.6. The van der Waals surface area contributed by atoms with Crippen molar-refractivity contribution in [1.29, 1.82) is 0 Å². The summed E-state index contributed by atoms with van der Waals surface area (Å²) >= 11 is 9.22. The minimum atomic E-state index is 0.271. The molecule has 15 heavy (non-hydrogen) atoms. The molecule has 3 nitrogen and oxygen atoms in total. The van der Waals surface area contributed by atoms with E-state index in [1.807, 2.05) is 6.07 Å². The largest absolute Gasteiger partial charge is 0.369 e. The lowest BCUT2D eigenvalue weighted by atomic mass is 10.1. The first-order valence-corrected chi connectivity index (χ1v) is 6.15. The number of aromatic nitrogens is 1. The minimum absolute atomic E-state index is 0.271. The summed E-state index contributed by atoms with van der Waals surface area (Å²) < 4.78 is 0.834. The molecule has 5 heteroatoms. The van der Waals surface area contributed by atoms with Gasteiger partial charge in [-0.05, 0) is 34.8 Å². The van der Waals surface area contributed by atoms with Gasteiger partial charge in [-0.2, -0.15) is 0 Å². The van der Waals surface area contributed by atoms with E-state index in [4.69, 9.17) is 17.3 Å². The highest BCUT2D eigenvalue weighted by Gasteiger charge is 2.17. The number of nitrogens with zero attached hydrogens (tertiary/aromatic N) is 2. The molecule has 1 aliphatic rings. The van der Waals surface area contributed by atoms with E-state index >= 15 is 0 Å². The molecule has 0 aromatic carbocycles. The van der Waals surface area contributed by atoms with Crippen molar-refractivity contribution in [3.63, 3.8) is 0 Å². The summed E-state index contributed by atoms with van der Waals surface area (Å²) in [5, 5.41) is 0.500. The normalized spacial score (nSPS) is 21.8. The van der Waals surface area contributed by atoms with Gasteiger partial charge in [0.05, 0.1) is 16.4 Å². The van der Waals surface area contributed by atoms with Crippen molar-refractivity contribution < 1.29 is 0 Å². The molecule has 1 aromatic rings. The topological polar surface area (TPSA) is 42.1 Å². The Morgan fingerprint density at radius 1 is 1.60 bits per heavy atom. The Balaban J connectivity index is 2.18. The quantitative estimate of drug-likeness (QED) is 0.808. The highest BCUT2D eigenvalue weighted by molar-refractivity contribution is 9.10. The predicted molar refractivity (Wildman–Crippen MR) is 66.4 cm³/mol. The summed E-state index contributed by atoms with van der Waals surface area (Å²) in [7, 11) is 0. The Kier molecular flexibility index (Phi) is 3.49. The van der Waals surface area contributed by atoms with E-state index in [-0.39, 0.29) is 6.04 Å². The van der Waals surface area contributed by atoms with E-state index in [0.29, 0.717) is 5.15 Å². The summed E-state index contributed by atoms with van der Waals surface area (Å²) in [6.45, 7) is 1.94. The Labute approximate surface area is 103 Å². The van der Waals surface area contributed by atoms with Gasteiger partial charge in [-0.25, -0.2) is 4.98 Å². The molecular weight excluding hydrogens is 277 g/mol. The Bertz CT molecular complexity index is 359. The average Bonchev–Trinajstić information content (AvgIpc) is 2.22. The van der Waals surface area contributed by atoms with Crippen LogP contribution in [0.3, 0.4) is 0 Å². The summed E-state index contributed by atoms with van der Waals surface area (Å²) in [6, 6.07) is 2.26. The molecule has 2 heterocycles. The van der Waals surface area contributed by atoms with Gasteiger partial charge in [0.2, 0.25) is 0 Å². The second kappa shape index (κ2) is 4.68. The highest BCUT2D eigenvalue weighted by Crippen LogP contribution is 2.26. The fourth-order valence-corrected chi connectivity index (χ4v) is 2.27. The van der Waals surface area contributed by atoms with E-state index < -0.39 is 0 Å². The number of hydrogen-bond acceptors (Lipinski definition) is 3. The van der Waals surface area contributed by atoms with E-state index in [2.05, 4.69) is 25.8 Å². The van der Waals surface area contributed by atoms with Crippen LogP contribution in [-0.4, -0.2) is 24.1 Å². The zero-order valence-electron chi connectivity index (χ0n) is 8.29. The van der Waals surface area contributed by atoms with Crippen molar-refractivity contribution in [2.75, 3.05) is 18.0 Å². The first-order valence-electron chi connectivity index (χ1n) is 4.98. The van der Waals surface area contributed by atoms with Gasteiger partial charge in [0.25, 0.3) is 0 Å². The van der Waals surface area contributed by atoms with Crippen molar-refractivity contribution in [3.8, 4) is 0 Å². The second-order valence-electron chi connectivity index (χ2n) is 3.81. The highest BCUT2D eigenvalue weighted by atomic mass is 79.9. The molecule has 1 aromatic heterocycles. The molecule has 0 saturated carbocycles. The van der Waals surface area contributed by atoms with Gasteiger partial charge in [0.15, 0.2) is 0 Å². The van der Waals surface area contributed by atoms with Crippen molar-refractivity contribution in [3.05, 3.63) is 21.9 Å². The SMILES string of the molecule is N[C@H]1CCCN(c2cnc(Cl)c(Br)c2)C1. The van der Waals surface area contributed by atoms with Crippen LogP contribution >= 0.6 is 27.5 Å². The average molecular weight is 291 g/mol. The van der Waals surface area contributed by atoms with E-state index in [1.54, 1.807) is 6.20 Å².